The van der Waals surface area contributed by atoms with E-state index in [4.69, 9.17) is 9.84 Å². The number of nitrogens with zero attached hydrogens (tertiary/aromatic N) is 1. The molecule has 6 heteroatoms. The summed E-state index contributed by atoms with van der Waals surface area (Å²) in [5, 5.41) is 11.8. The monoisotopic (exact) mass is 270 g/mol. The van der Waals surface area contributed by atoms with Crippen LogP contribution < -0.4 is 5.32 Å². The van der Waals surface area contributed by atoms with Crippen LogP contribution in [0.3, 0.4) is 0 Å². The molecule has 2 rings (SSSR count). The summed E-state index contributed by atoms with van der Waals surface area (Å²) in [5.74, 6) is -0.365. The highest BCUT2D eigenvalue weighted by Crippen LogP contribution is 2.20. The Labute approximate surface area is 113 Å². The average molecular weight is 270 g/mol. The number of carboxylic acid groups (broad SMARTS) is 1. The molecule has 2 aliphatic rings. The van der Waals surface area contributed by atoms with Crippen molar-refractivity contribution in [1.29, 1.82) is 0 Å². The van der Waals surface area contributed by atoms with Crippen LogP contribution in [-0.2, 0) is 9.53 Å². The standard InChI is InChI=1S/C13H22N2O4/c1-9-8-19-5-3-11(9)14-13(18)15-4-2-10(7-15)6-12(16)17/h9-11H,2-8H2,1H3,(H,14,18)(H,16,17). The van der Waals surface area contributed by atoms with Crippen LogP contribution in [0, 0.1) is 11.8 Å². The first kappa shape index (κ1) is 14.1. The third kappa shape index (κ3) is 3.83. The zero-order valence-corrected chi connectivity index (χ0v) is 11.3. The van der Waals surface area contributed by atoms with Gasteiger partial charge in [0.25, 0.3) is 0 Å². The number of aliphatic carboxylic acids is 1. The zero-order valence-electron chi connectivity index (χ0n) is 11.3. The molecule has 2 heterocycles. The predicted octanol–water partition coefficient (Wildman–Crippen LogP) is 0.918. The van der Waals surface area contributed by atoms with Gasteiger partial charge in [-0.1, -0.05) is 6.92 Å². The van der Waals surface area contributed by atoms with E-state index in [1.807, 2.05) is 0 Å². The number of hydrogen-bond acceptors (Lipinski definition) is 3. The van der Waals surface area contributed by atoms with Crippen LogP contribution in [0.5, 0.6) is 0 Å². The molecule has 0 bridgehead atoms. The normalized spacial score (nSPS) is 31.2. The van der Waals surface area contributed by atoms with Gasteiger partial charge in [-0.25, -0.2) is 4.79 Å². The molecule has 0 aromatic carbocycles. The quantitative estimate of drug-likeness (QED) is 0.799. The molecule has 2 amide bonds. The van der Waals surface area contributed by atoms with Crippen molar-refractivity contribution in [3.8, 4) is 0 Å². The predicted molar refractivity (Wildman–Crippen MR) is 68.9 cm³/mol. The van der Waals surface area contributed by atoms with Gasteiger partial charge in [-0.05, 0) is 24.7 Å². The van der Waals surface area contributed by atoms with Crippen molar-refractivity contribution < 1.29 is 19.4 Å². The molecule has 0 radical (unpaired) electrons. The number of likely N-dealkylation sites (tertiary alicyclic amines) is 1. The van der Waals surface area contributed by atoms with Crippen molar-refractivity contribution in [2.24, 2.45) is 11.8 Å². The molecule has 0 aromatic rings. The summed E-state index contributed by atoms with van der Waals surface area (Å²) >= 11 is 0. The molecule has 0 aromatic heterocycles. The molecule has 0 saturated carbocycles. The molecule has 2 fully saturated rings. The summed E-state index contributed by atoms with van der Waals surface area (Å²) in [6, 6.07) is 0.103. The van der Waals surface area contributed by atoms with E-state index >= 15 is 0 Å². The molecule has 3 unspecified atom stereocenters. The Balaban J connectivity index is 1.79. The lowest BCUT2D eigenvalue weighted by Crippen LogP contribution is -2.49. The SMILES string of the molecule is CC1COCCC1NC(=O)N1CCC(CC(=O)O)C1. The highest BCUT2D eigenvalue weighted by Gasteiger charge is 2.30. The van der Waals surface area contributed by atoms with Gasteiger partial charge in [-0.3, -0.25) is 4.79 Å². The fourth-order valence-electron chi connectivity index (χ4n) is 2.78. The Morgan fingerprint density at radius 1 is 1.42 bits per heavy atom. The molecule has 19 heavy (non-hydrogen) atoms. The minimum Gasteiger partial charge on any atom is -0.481 e. The van der Waals surface area contributed by atoms with Crippen LogP contribution in [0.2, 0.25) is 0 Å². The Morgan fingerprint density at radius 2 is 2.21 bits per heavy atom. The van der Waals surface area contributed by atoms with Crippen LogP contribution in [0.25, 0.3) is 0 Å². The van der Waals surface area contributed by atoms with Crippen molar-refractivity contribution in [2.75, 3.05) is 26.3 Å². The van der Waals surface area contributed by atoms with E-state index in [1.54, 1.807) is 4.90 Å². The van der Waals surface area contributed by atoms with Crippen molar-refractivity contribution in [2.45, 2.75) is 32.2 Å². The first-order valence-corrected chi connectivity index (χ1v) is 6.91. The summed E-state index contributed by atoms with van der Waals surface area (Å²) in [4.78, 5) is 24.5. The maximum absolute atomic E-state index is 12.1. The summed E-state index contributed by atoms with van der Waals surface area (Å²) in [5.41, 5.74) is 0. The number of carbonyl (C=O) groups excluding carboxylic acids is 1. The molecule has 6 nitrogen and oxygen atoms in total. The van der Waals surface area contributed by atoms with Crippen LogP contribution >= 0.6 is 0 Å². The third-order valence-electron chi connectivity index (χ3n) is 3.99. The number of carboxylic acids is 1. The highest BCUT2D eigenvalue weighted by molar-refractivity contribution is 5.75. The van der Waals surface area contributed by atoms with Gasteiger partial charge in [-0.15, -0.1) is 0 Å². The van der Waals surface area contributed by atoms with Crippen molar-refractivity contribution in [3.63, 3.8) is 0 Å². The first-order valence-electron chi connectivity index (χ1n) is 6.91. The third-order valence-corrected chi connectivity index (χ3v) is 3.99. The van der Waals surface area contributed by atoms with Gasteiger partial charge in [-0.2, -0.15) is 0 Å². The van der Waals surface area contributed by atoms with Crippen molar-refractivity contribution in [1.82, 2.24) is 10.2 Å². The lowest BCUT2D eigenvalue weighted by Gasteiger charge is -2.31. The second-order valence-corrected chi connectivity index (χ2v) is 5.60. The van der Waals surface area contributed by atoms with Gasteiger partial charge in [0.15, 0.2) is 0 Å². The molecule has 2 saturated heterocycles. The number of carbonyl (C=O) groups is 2. The van der Waals surface area contributed by atoms with Crippen molar-refractivity contribution in [3.05, 3.63) is 0 Å². The van der Waals surface area contributed by atoms with Gasteiger partial charge in [0, 0.05) is 32.2 Å². The number of urea groups is 1. The Hall–Kier alpha value is -1.30. The largest absolute Gasteiger partial charge is 0.481 e. The minimum atomic E-state index is -0.787. The number of hydrogen-bond donors (Lipinski definition) is 2. The number of rotatable bonds is 3. The first-order chi connectivity index (χ1) is 9.06. The fourth-order valence-corrected chi connectivity index (χ4v) is 2.78. The van der Waals surface area contributed by atoms with Gasteiger partial charge < -0.3 is 20.1 Å². The van der Waals surface area contributed by atoms with Gasteiger partial charge >= 0.3 is 12.0 Å². The Kier molecular flexibility index (Phi) is 4.63. The number of amides is 2. The second kappa shape index (κ2) is 6.23. The van der Waals surface area contributed by atoms with Crippen LogP contribution in [0.1, 0.15) is 26.2 Å². The molecule has 0 aliphatic carbocycles. The lowest BCUT2D eigenvalue weighted by molar-refractivity contribution is -0.138. The summed E-state index contributed by atoms with van der Waals surface area (Å²) in [7, 11) is 0. The van der Waals surface area contributed by atoms with E-state index in [0.29, 0.717) is 32.2 Å². The van der Waals surface area contributed by atoms with E-state index in [0.717, 1.165) is 12.8 Å². The van der Waals surface area contributed by atoms with Gasteiger partial charge in [0.1, 0.15) is 0 Å². The van der Waals surface area contributed by atoms with E-state index in [-0.39, 0.29) is 24.4 Å². The zero-order chi connectivity index (χ0) is 13.8. The second-order valence-electron chi connectivity index (χ2n) is 5.60. The van der Waals surface area contributed by atoms with Crippen LogP contribution in [0.4, 0.5) is 4.79 Å². The van der Waals surface area contributed by atoms with Crippen LogP contribution in [0.15, 0.2) is 0 Å². The molecule has 108 valence electrons. The molecule has 0 spiro atoms. The maximum Gasteiger partial charge on any atom is 0.317 e. The van der Waals surface area contributed by atoms with Crippen molar-refractivity contribution >= 4 is 12.0 Å². The Morgan fingerprint density at radius 3 is 2.89 bits per heavy atom. The van der Waals surface area contributed by atoms with Gasteiger partial charge in [0.2, 0.25) is 0 Å². The Bertz CT molecular complexity index is 348. The van der Waals surface area contributed by atoms with E-state index in [1.165, 1.54) is 0 Å². The smallest absolute Gasteiger partial charge is 0.317 e. The van der Waals surface area contributed by atoms with Crippen LogP contribution in [-0.4, -0.2) is 54.4 Å². The van der Waals surface area contributed by atoms with E-state index in [9.17, 15) is 9.59 Å². The molecular formula is C13H22N2O4. The maximum atomic E-state index is 12.1. The topological polar surface area (TPSA) is 78.9 Å². The summed E-state index contributed by atoms with van der Waals surface area (Å²) < 4.78 is 5.35. The lowest BCUT2D eigenvalue weighted by atomic mass is 9.98. The number of ether oxygens (including phenoxy) is 1. The van der Waals surface area contributed by atoms with E-state index in [2.05, 4.69) is 12.2 Å². The average Bonchev–Trinajstić information content (AvgIpc) is 2.79. The molecule has 2 aliphatic heterocycles. The molecule has 2 N–H and O–H groups in total. The molecule has 3 atom stereocenters. The summed E-state index contributed by atoms with van der Waals surface area (Å²) in [6.45, 7) is 4.65. The fraction of sp³-hybridized carbons (Fsp3) is 0.846. The van der Waals surface area contributed by atoms with E-state index < -0.39 is 5.97 Å². The molecular weight excluding hydrogens is 248 g/mol. The minimum absolute atomic E-state index is 0.0633. The number of nitrogens with one attached hydrogen (secondary N) is 1. The van der Waals surface area contributed by atoms with Gasteiger partial charge in [0.05, 0.1) is 6.61 Å². The summed E-state index contributed by atoms with van der Waals surface area (Å²) in [6.07, 6.45) is 1.78. The highest BCUT2D eigenvalue weighted by atomic mass is 16.5.